The quantitative estimate of drug-likeness (QED) is 0.870. The van der Waals surface area contributed by atoms with Crippen LogP contribution in [0.2, 0.25) is 0 Å². The van der Waals surface area contributed by atoms with Crippen molar-refractivity contribution >= 4 is 5.91 Å². The Morgan fingerprint density at radius 3 is 2.53 bits per heavy atom. The molecule has 4 heteroatoms. The molecule has 0 spiro atoms. The van der Waals surface area contributed by atoms with Crippen LogP contribution in [0.25, 0.3) is 0 Å². The second kappa shape index (κ2) is 6.57. The summed E-state index contributed by atoms with van der Waals surface area (Å²) in [6.45, 7) is 5.67. The largest absolute Gasteiger partial charge is 0.508 e. The molecule has 0 radical (unpaired) electrons. The topological polar surface area (TPSA) is 52.6 Å². The van der Waals surface area contributed by atoms with Gasteiger partial charge in [0.1, 0.15) is 5.75 Å². The van der Waals surface area contributed by atoms with E-state index in [2.05, 4.69) is 5.32 Å². The van der Waals surface area contributed by atoms with Crippen molar-refractivity contribution in [2.45, 2.75) is 19.8 Å². The number of nitrogens with one attached hydrogen (secondary N) is 1. The molecule has 1 aliphatic heterocycles. The Hall–Kier alpha value is -1.55. The minimum Gasteiger partial charge on any atom is -0.508 e. The number of rotatable bonds is 4. The third kappa shape index (κ3) is 3.70. The van der Waals surface area contributed by atoms with Crippen molar-refractivity contribution in [1.29, 1.82) is 0 Å². The van der Waals surface area contributed by atoms with Crippen LogP contribution in [-0.2, 0) is 0 Å². The first-order valence-corrected chi connectivity index (χ1v) is 6.99. The number of carbonyl (C=O) groups excluding carboxylic acids is 1. The molecular weight excluding hydrogens is 240 g/mol. The third-order valence-electron chi connectivity index (χ3n) is 3.72. The van der Waals surface area contributed by atoms with Gasteiger partial charge in [0, 0.05) is 18.7 Å². The number of benzene rings is 1. The number of carbonyl (C=O) groups is 1. The molecule has 2 rings (SSSR count). The van der Waals surface area contributed by atoms with Crippen LogP contribution in [0.3, 0.4) is 0 Å². The van der Waals surface area contributed by atoms with Crippen LogP contribution < -0.4 is 5.32 Å². The Bertz CT molecular complexity index is 411. The lowest BCUT2D eigenvalue weighted by molar-refractivity contribution is 0.0727. The smallest absolute Gasteiger partial charge is 0.253 e. The Balaban J connectivity index is 1.99. The zero-order valence-corrected chi connectivity index (χ0v) is 11.4. The summed E-state index contributed by atoms with van der Waals surface area (Å²) in [7, 11) is 0. The maximum Gasteiger partial charge on any atom is 0.253 e. The molecule has 1 aromatic carbocycles. The van der Waals surface area contributed by atoms with Gasteiger partial charge < -0.3 is 15.3 Å². The molecule has 1 aliphatic rings. The van der Waals surface area contributed by atoms with Gasteiger partial charge in [-0.1, -0.05) is 0 Å². The SMILES string of the molecule is CCN(CC1CCNCC1)C(=O)c1ccc(O)cc1. The lowest BCUT2D eigenvalue weighted by atomic mass is 9.97. The number of aromatic hydroxyl groups is 1. The number of hydrogen-bond donors (Lipinski definition) is 2. The summed E-state index contributed by atoms with van der Waals surface area (Å²) < 4.78 is 0. The second-order valence-electron chi connectivity index (χ2n) is 5.08. The molecule has 1 heterocycles. The second-order valence-corrected chi connectivity index (χ2v) is 5.08. The van der Waals surface area contributed by atoms with E-state index in [1.54, 1.807) is 24.3 Å². The number of amides is 1. The molecule has 19 heavy (non-hydrogen) atoms. The van der Waals surface area contributed by atoms with Crippen LogP contribution in [0.15, 0.2) is 24.3 Å². The fourth-order valence-corrected chi connectivity index (χ4v) is 2.52. The molecule has 1 saturated heterocycles. The molecule has 2 N–H and O–H groups in total. The summed E-state index contributed by atoms with van der Waals surface area (Å²) in [6.07, 6.45) is 2.28. The van der Waals surface area contributed by atoms with Gasteiger partial charge in [0.15, 0.2) is 0 Å². The van der Waals surface area contributed by atoms with E-state index in [4.69, 9.17) is 0 Å². The fraction of sp³-hybridized carbons (Fsp3) is 0.533. The van der Waals surface area contributed by atoms with Crippen molar-refractivity contribution in [3.63, 3.8) is 0 Å². The van der Waals surface area contributed by atoms with E-state index in [9.17, 15) is 9.90 Å². The van der Waals surface area contributed by atoms with Gasteiger partial charge in [0.05, 0.1) is 0 Å². The van der Waals surface area contributed by atoms with E-state index < -0.39 is 0 Å². The fourth-order valence-electron chi connectivity index (χ4n) is 2.52. The summed E-state index contributed by atoms with van der Waals surface area (Å²) in [6, 6.07) is 6.49. The monoisotopic (exact) mass is 262 g/mol. The van der Waals surface area contributed by atoms with Gasteiger partial charge in [-0.2, -0.15) is 0 Å². The molecule has 0 bridgehead atoms. The van der Waals surface area contributed by atoms with Crippen LogP contribution in [0, 0.1) is 5.92 Å². The lowest BCUT2D eigenvalue weighted by Crippen LogP contribution is -2.39. The molecule has 0 atom stereocenters. The molecule has 0 aliphatic carbocycles. The highest BCUT2D eigenvalue weighted by atomic mass is 16.3. The highest BCUT2D eigenvalue weighted by Crippen LogP contribution is 2.16. The third-order valence-corrected chi connectivity index (χ3v) is 3.72. The minimum absolute atomic E-state index is 0.0565. The zero-order chi connectivity index (χ0) is 13.7. The summed E-state index contributed by atoms with van der Waals surface area (Å²) in [4.78, 5) is 14.3. The highest BCUT2D eigenvalue weighted by molar-refractivity contribution is 5.94. The van der Waals surface area contributed by atoms with Crippen LogP contribution in [0.1, 0.15) is 30.1 Å². The van der Waals surface area contributed by atoms with Crippen molar-refractivity contribution in [1.82, 2.24) is 10.2 Å². The number of phenols is 1. The number of phenolic OH excluding ortho intramolecular Hbond substituents is 1. The van der Waals surface area contributed by atoms with Gasteiger partial charge in [-0.05, 0) is 63.0 Å². The average molecular weight is 262 g/mol. The van der Waals surface area contributed by atoms with Crippen molar-refractivity contribution in [3.8, 4) is 5.75 Å². The summed E-state index contributed by atoms with van der Waals surface area (Å²) >= 11 is 0. The van der Waals surface area contributed by atoms with Crippen molar-refractivity contribution in [2.24, 2.45) is 5.92 Å². The molecule has 0 aromatic heterocycles. The summed E-state index contributed by atoms with van der Waals surface area (Å²) in [5.74, 6) is 0.848. The first-order chi connectivity index (χ1) is 9.20. The van der Waals surface area contributed by atoms with Gasteiger partial charge in [0.25, 0.3) is 5.91 Å². The Kier molecular flexibility index (Phi) is 4.80. The Morgan fingerprint density at radius 1 is 1.32 bits per heavy atom. The predicted octanol–water partition coefficient (Wildman–Crippen LogP) is 1.85. The first-order valence-electron chi connectivity index (χ1n) is 6.99. The molecule has 1 amide bonds. The minimum atomic E-state index is 0.0565. The Labute approximate surface area is 114 Å². The van der Waals surface area contributed by atoms with E-state index in [1.807, 2.05) is 11.8 Å². The summed E-state index contributed by atoms with van der Waals surface area (Å²) in [5.41, 5.74) is 0.647. The number of hydrogen-bond acceptors (Lipinski definition) is 3. The lowest BCUT2D eigenvalue weighted by Gasteiger charge is -2.29. The van der Waals surface area contributed by atoms with Crippen molar-refractivity contribution < 1.29 is 9.90 Å². The van der Waals surface area contributed by atoms with Crippen LogP contribution >= 0.6 is 0 Å². The van der Waals surface area contributed by atoms with Gasteiger partial charge in [0.2, 0.25) is 0 Å². The maximum absolute atomic E-state index is 12.4. The molecule has 4 nitrogen and oxygen atoms in total. The van der Waals surface area contributed by atoms with E-state index in [0.29, 0.717) is 11.5 Å². The van der Waals surface area contributed by atoms with Crippen LogP contribution in [0.5, 0.6) is 5.75 Å². The average Bonchev–Trinajstić information content (AvgIpc) is 2.46. The van der Waals surface area contributed by atoms with E-state index in [1.165, 1.54) is 0 Å². The van der Waals surface area contributed by atoms with E-state index in [-0.39, 0.29) is 11.7 Å². The predicted molar refractivity (Wildman–Crippen MR) is 75.3 cm³/mol. The number of piperidine rings is 1. The van der Waals surface area contributed by atoms with Gasteiger partial charge >= 0.3 is 0 Å². The normalized spacial score (nSPS) is 16.3. The molecule has 104 valence electrons. The maximum atomic E-state index is 12.4. The standard InChI is InChI=1S/C15H22N2O2/c1-2-17(11-12-7-9-16-10-8-12)15(19)13-3-5-14(18)6-4-13/h3-6,12,16,18H,2,7-11H2,1H3. The summed E-state index contributed by atoms with van der Waals surface area (Å²) in [5, 5.41) is 12.6. The van der Waals surface area contributed by atoms with Crippen LogP contribution in [0.4, 0.5) is 0 Å². The molecule has 1 aromatic rings. The van der Waals surface area contributed by atoms with Gasteiger partial charge in [-0.25, -0.2) is 0 Å². The van der Waals surface area contributed by atoms with Crippen LogP contribution in [-0.4, -0.2) is 42.1 Å². The van der Waals surface area contributed by atoms with Gasteiger partial charge in [-0.15, -0.1) is 0 Å². The molecular formula is C15H22N2O2. The molecule has 0 saturated carbocycles. The molecule has 1 fully saturated rings. The van der Waals surface area contributed by atoms with Crippen molar-refractivity contribution in [3.05, 3.63) is 29.8 Å². The van der Waals surface area contributed by atoms with Gasteiger partial charge in [-0.3, -0.25) is 4.79 Å². The highest BCUT2D eigenvalue weighted by Gasteiger charge is 2.20. The Morgan fingerprint density at radius 2 is 1.95 bits per heavy atom. The van der Waals surface area contributed by atoms with Crippen molar-refractivity contribution in [2.75, 3.05) is 26.2 Å². The van der Waals surface area contributed by atoms with E-state index in [0.717, 1.165) is 39.0 Å². The molecule has 0 unspecified atom stereocenters. The first kappa shape index (κ1) is 13.9. The van der Waals surface area contributed by atoms with E-state index >= 15 is 0 Å². The zero-order valence-electron chi connectivity index (χ0n) is 11.4. The number of nitrogens with zero attached hydrogens (tertiary/aromatic N) is 1.